The molecule has 0 fully saturated rings. The monoisotopic (exact) mass is 225 g/mol. The summed E-state index contributed by atoms with van der Waals surface area (Å²) < 4.78 is 0. The maximum atomic E-state index is 4.07. The van der Waals surface area contributed by atoms with Gasteiger partial charge in [0.1, 0.15) is 0 Å². The molecule has 0 saturated carbocycles. The van der Waals surface area contributed by atoms with Crippen molar-refractivity contribution in [3.8, 4) is 0 Å². The number of allylic oxidation sites excluding steroid dienone is 1. The molecular weight excluding hydrogens is 194 g/mol. The van der Waals surface area contributed by atoms with Gasteiger partial charge in [-0.05, 0) is 6.42 Å². The van der Waals surface area contributed by atoms with Gasteiger partial charge in [-0.2, -0.15) is 0 Å². The molecule has 0 unspecified atom stereocenters. The summed E-state index contributed by atoms with van der Waals surface area (Å²) >= 11 is 0. The maximum absolute atomic E-state index is 4.07. The van der Waals surface area contributed by atoms with Crippen molar-refractivity contribution in [2.75, 3.05) is 6.54 Å². The molecule has 0 amide bonds. The minimum absolute atomic E-state index is 0.196. The van der Waals surface area contributed by atoms with E-state index in [1.54, 1.807) is 0 Å². The molecule has 1 nitrogen and oxygen atoms in total. The van der Waals surface area contributed by atoms with E-state index in [-0.39, 0.29) is 5.41 Å². The maximum Gasteiger partial charge on any atom is 0.0143 e. The molecule has 0 spiro atoms. The summed E-state index contributed by atoms with van der Waals surface area (Å²) in [6.07, 6.45) is 9.60. The van der Waals surface area contributed by atoms with Crippen LogP contribution in [0.4, 0.5) is 0 Å². The Labute approximate surface area is 103 Å². The highest BCUT2D eigenvalue weighted by molar-refractivity contribution is 5.01. The first-order valence-electron chi connectivity index (χ1n) is 6.91. The van der Waals surface area contributed by atoms with Crippen LogP contribution < -0.4 is 5.32 Å². The van der Waals surface area contributed by atoms with Crippen molar-refractivity contribution in [2.45, 2.75) is 72.6 Å². The number of rotatable bonds is 9. The molecule has 0 aromatic carbocycles. The van der Waals surface area contributed by atoms with Gasteiger partial charge in [0.15, 0.2) is 0 Å². The van der Waals surface area contributed by atoms with E-state index in [4.69, 9.17) is 0 Å². The van der Waals surface area contributed by atoms with Crippen LogP contribution in [0.15, 0.2) is 12.3 Å². The zero-order valence-corrected chi connectivity index (χ0v) is 11.9. The first kappa shape index (κ1) is 15.5. The smallest absolute Gasteiger partial charge is 0.0143 e. The second kappa shape index (κ2) is 8.66. The number of nitrogens with one attached hydrogen (secondary N) is 1. The molecule has 0 aliphatic rings. The van der Waals surface area contributed by atoms with E-state index in [0.29, 0.717) is 0 Å². The summed E-state index contributed by atoms with van der Waals surface area (Å²) in [7, 11) is 0. The van der Waals surface area contributed by atoms with E-state index in [9.17, 15) is 0 Å². The molecule has 0 aromatic heterocycles. The molecule has 0 bridgehead atoms. The van der Waals surface area contributed by atoms with Crippen molar-refractivity contribution in [2.24, 2.45) is 5.41 Å². The Morgan fingerprint density at radius 1 is 0.938 bits per heavy atom. The molecule has 16 heavy (non-hydrogen) atoms. The first-order valence-corrected chi connectivity index (χ1v) is 6.91. The molecule has 0 aromatic rings. The van der Waals surface area contributed by atoms with Crippen molar-refractivity contribution in [3.05, 3.63) is 12.3 Å². The molecular formula is C15H31N. The van der Waals surface area contributed by atoms with Crippen molar-refractivity contribution in [1.29, 1.82) is 0 Å². The van der Waals surface area contributed by atoms with E-state index >= 15 is 0 Å². The van der Waals surface area contributed by atoms with Crippen molar-refractivity contribution < 1.29 is 0 Å². The summed E-state index contributed by atoms with van der Waals surface area (Å²) in [6.45, 7) is 14.0. The molecule has 0 heterocycles. The van der Waals surface area contributed by atoms with Crippen LogP contribution in [-0.2, 0) is 0 Å². The Morgan fingerprint density at radius 3 is 1.94 bits per heavy atom. The Bertz CT molecular complexity index is 176. The largest absolute Gasteiger partial charge is 0.388 e. The summed E-state index contributed by atoms with van der Waals surface area (Å²) in [6, 6.07) is 0. The molecule has 0 saturated heterocycles. The second-order valence-corrected chi connectivity index (χ2v) is 5.78. The average Bonchev–Trinajstić information content (AvgIpc) is 2.20. The lowest BCUT2D eigenvalue weighted by molar-refractivity contribution is 0.456. The number of unbranched alkanes of at least 4 members (excludes halogenated alkanes) is 6. The van der Waals surface area contributed by atoms with Crippen LogP contribution in [-0.4, -0.2) is 6.54 Å². The third-order valence-electron chi connectivity index (χ3n) is 3.02. The van der Waals surface area contributed by atoms with Crippen LogP contribution in [0.2, 0.25) is 0 Å². The quantitative estimate of drug-likeness (QED) is 0.551. The summed E-state index contributed by atoms with van der Waals surface area (Å²) in [5.41, 5.74) is 1.36. The van der Waals surface area contributed by atoms with Gasteiger partial charge < -0.3 is 5.32 Å². The Morgan fingerprint density at radius 2 is 1.44 bits per heavy atom. The molecule has 0 atom stereocenters. The van der Waals surface area contributed by atoms with Crippen LogP contribution in [0.1, 0.15) is 72.6 Å². The Balaban J connectivity index is 3.25. The highest BCUT2D eigenvalue weighted by Gasteiger charge is 2.13. The van der Waals surface area contributed by atoms with Gasteiger partial charge in [0.2, 0.25) is 0 Å². The van der Waals surface area contributed by atoms with Gasteiger partial charge in [-0.25, -0.2) is 0 Å². The second-order valence-electron chi connectivity index (χ2n) is 5.78. The fraction of sp³-hybridized carbons (Fsp3) is 0.867. The van der Waals surface area contributed by atoms with Gasteiger partial charge in [-0.15, -0.1) is 0 Å². The minimum Gasteiger partial charge on any atom is -0.388 e. The lowest BCUT2D eigenvalue weighted by Gasteiger charge is -2.23. The zero-order valence-electron chi connectivity index (χ0n) is 11.9. The third-order valence-corrected chi connectivity index (χ3v) is 3.02. The minimum atomic E-state index is 0.196. The van der Waals surface area contributed by atoms with E-state index in [2.05, 4.69) is 39.6 Å². The lowest BCUT2D eigenvalue weighted by Crippen LogP contribution is -2.24. The molecule has 0 aliphatic carbocycles. The molecule has 0 aliphatic heterocycles. The number of hydrogen-bond acceptors (Lipinski definition) is 1. The van der Waals surface area contributed by atoms with Crippen LogP contribution >= 0.6 is 0 Å². The van der Waals surface area contributed by atoms with Gasteiger partial charge in [0.25, 0.3) is 0 Å². The normalized spacial score (nSPS) is 11.5. The molecule has 0 rings (SSSR count). The fourth-order valence-corrected chi connectivity index (χ4v) is 1.59. The van der Waals surface area contributed by atoms with E-state index in [1.807, 2.05) is 0 Å². The van der Waals surface area contributed by atoms with E-state index in [0.717, 1.165) is 6.54 Å². The van der Waals surface area contributed by atoms with Crippen LogP contribution in [0.3, 0.4) is 0 Å². The highest BCUT2D eigenvalue weighted by atomic mass is 14.9. The fourth-order valence-electron chi connectivity index (χ4n) is 1.59. The van der Waals surface area contributed by atoms with E-state index in [1.165, 1.54) is 50.6 Å². The molecule has 1 N–H and O–H groups in total. The van der Waals surface area contributed by atoms with Gasteiger partial charge in [-0.3, -0.25) is 0 Å². The highest BCUT2D eigenvalue weighted by Crippen LogP contribution is 2.20. The van der Waals surface area contributed by atoms with Gasteiger partial charge in [0.05, 0.1) is 0 Å². The van der Waals surface area contributed by atoms with Crippen molar-refractivity contribution in [3.63, 3.8) is 0 Å². The summed E-state index contributed by atoms with van der Waals surface area (Å²) in [5.74, 6) is 0. The van der Waals surface area contributed by atoms with Crippen LogP contribution in [0, 0.1) is 5.41 Å². The molecule has 1 heteroatoms. The van der Waals surface area contributed by atoms with Crippen molar-refractivity contribution in [1.82, 2.24) is 5.32 Å². The summed E-state index contributed by atoms with van der Waals surface area (Å²) in [4.78, 5) is 0. The third kappa shape index (κ3) is 8.82. The van der Waals surface area contributed by atoms with Gasteiger partial charge >= 0.3 is 0 Å². The van der Waals surface area contributed by atoms with E-state index < -0.39 is 0 Å². The van der Waals surface area contributed by atoms with Crippen molar-refractivity contribution >= 4 is 0 Å². The lowest BCUT2D eigenvalue weighted by atomic mass is 9.93. The van der Waals surface area contributed by atoms with Gasteiger partial charge in [-0.1, -0.05) is 72.8 Å². The summed E-state index contributed by atoms with van der Waals surface area (Å²) in [5, 5.41) is 3.43. The topological polar surface area (TPSA) is 12.0 Å². The standard InChI is InChI=1S/C15H31N/c1-6-7-8-9-10-11-12-13-16-14(2)15(3,4)5/h16H,2,6-13H2,1,3-5H3. The average molecular weight is 225 g/mol. The zero-order chi connectivity index (χ0) is 12.4. The van der Waals surface area contributed by atoms with Crippen LogP contribution in [0.5, 0.6) is 0 Å². The van der Waals surface area contributed by atoms with Crippen LogP contribution in [0.25, 0.3) is 0 Å². The Hall–Kier alpha value is -0.460. The van der Waals surface area contributed by atoms with Gasteiger partial charge in [0, 0.05) is 17.7 Å². The predicted octanol–water partition coefficient (Wildman–Crippen LogP) is 4.89. The first-order chi connectivity index (χ1) is 7.48. The SMILES string of the molecule is C=C(NCCCCCCCCC)C(C)(C)C. The molecule has 0 radical (unpaired) electrons. The Kier molecular flexibility index (Phi) is 8.42. The predicted molar refractivity (Wildman–Crippen MR) is 74.6 cm³/mol. The molecule has 96 valence electrons. The number of hydrogen-bond donors (Lipinski definition) is 1.